The Balaban J connectivity index is 1.34. The molecule has 0 bridgehead atoms. The molecular formula is C23H27N3O4. The summed E-state index contributed by atoms with van der Waals surface area (Å²) in [5.74, 6) is 0.687. The largest absolute Gasteiger partial charge is 0.448 e. The third-order valence-corrected chi connectivity index (χ3v) is 5.25. The predicted molar refractivity (Wildman–Crippen MR) is 114 cm³/mol. The highest BCUT2D eigenvalue weighted by Gasteiger charge is 2.44. The lowest BCUT2D eigenvalue weighted by Gasteiger charge is -2.21. The number of nitrogens with one attached hydrogen (secondary N) is 3. The molecule has 0 radical (unpaired) electrons. The number of urea groups is 1. The second kappa shape index (κ2) is 8.26. The van der Waals surface area contributed by atoms with Crippen molar-refractivity contribution in [1.82, 2.24) is 10.6 Å². The lowest BCUT2D eigenvalue weighted by Crippen LogP contribution is -2.39. The molecule has 1 fully saturated rings. The molecule has 1 aliphatic carbocycles. The molecule has 2 aromatic rings. The molecule has 3 N–H and O–H groups in total. The number of hydrogen-bond acceptors (Lipinski definition) is 4. The van der Waals surface area contributed by atoms with Crippen LogP contribution in [0.15, 0.2) is 42.5 Å². The van der Waals surface area contributed by atoms with E-state index in [0.29, 0.717) is 23.5 Å². The summed E-state index contributed by atoms with van der Waals surface area (Å²) < 4.78 is 12.1. The first kappa shape index (κ1) is 20.1. The highest BCUT2D eigenvalue weighted by atomic mass is 16.7. The van der Waals surface area contributed by atoms with Crippen LogP contribution in [0, 0.1) is 0 Å². The summed E-state index contributed by atoms with van der Waals surface area (Å²) in [6, 6.07) is 12.5. The van der Waals surface area contributed by atoms with Crippen LogP contribution in [0.4, 0.5) is 10.5 Å². The number of carbonyl (C=O) groups excluding carboxylic acids is 2. The van der Waals surface area contributed by atoms with Crippen molar-refractivity contribution in [1.29, 1.82) is 0 Å². The Labute approximate surface area is 176 Å². The Bertz CT molecular complexity index is 934. The van der Waals surface area contributed by atoms with E-state index in [1.54, 1.807) is 12.1 Å². The zero-order valence-electron chi connectivity index (χ0n) is 17.3. The van der Waals surface area contributed by atoms with Gasteiger partial charge in [-0.25, -0.2) is 4.79 Å². The van der Waals surface area contributed by atoms with E-state index in [1.807, 2.05) is 44.2 Å². The van der Waals surface area contributed by atoms with Crippen LogP contribution in [-0.4, -0.2) is 23.8 Å². The average molecular weight is 409 g/mol. The molecule has 4 rings (SSSR count). The highest BCUT2D eigenvalue weighted by molar-refractivity contribution is 6.04. The predicted octanol–water partition coefficient (Wildman–Crippen LogP) is 4.19. The van der Waals surface area contributed by atoms with Gasteiger partial charge in [0, 0.05) is 42.7 Å². The molecule has 1 spiro atoms. The standard InChI is InChI=1S/C23H27N3O4/c1-15(2)25-22(28)24-14-16-5-7-17(8-6-16)21(27)26-18-9-10-19-20(13-18)30-23(29-19)11-3-4-12-23/h5-10,13,15H,3-4,11-12,14H2,1-2H3,(H,26,27)(H2,24,25,28). The van der Waals surface area contributed by atoms with Crippen molar-refractivity contribution in [2.45, 2.75) is 57.9 Å². The maximum absolute atomic E-state index is 12.6. The summed E-state index contributed by atoms with van der Waals surface area (Å²) in [6.07, 6.45) is 3.99. The fourth-order valence-electron chi connectivity index (χ4n) is 3.76. The number of hydrogen-bond donors (Lipinski definition) is 3. The van der Waals surface area contributed by atoms with Gasteiger partial charge >= 0.3 is 6.03 Å². The van der Waals surface area contributed by atoms with Crippen molar-refractivity contribution < 1.29 is 19.1 Å². The van der Waals surface area contributed by atoms with Crippen LogP contribution in [0.1, 0.15) is 55.5 Å². The SMILES string of the molecule is CC(C)NC(=O)NCc1ccc(C(=O)Nc2ccc3c(c2)OC2(CCCC2)O3)cc1. The molecule has 7 heteroatoms. The van der Waals surface area contributed by atoms with Gasteiger partial charge in [0.2, 0.25) is 0 Å². The molecule has 3 amide bonds. The molecular weight excluding hydrogens is 382 g/mol. The third-order valence-electron chi connectivity index (χ3n) is 5.25. The van der Waals surface area contributed by atoms with Gasteiger partial charge in [-0.1, -0.05) is 12.1 Å². The minimum atomic E-state index is -0.513. The minimum Gasteiger partial charge on any atom is -0.448 e. The van der Waals surface area contributed by atoms with E-state index in [2.05, 4.69) is 16.0 Å². The van der Waals surface area contributed by atoms with Crippen molar-refractivity contribution in [2.24, 2.45) is 0 Å². The van der Waals surface area contributed by atoms with Gasteiger partial charge in [0.25, 0.3) is 11.7 Å². The Kier molecular flexibility index (Phi) is 5.53. The Morgan fingerprint density at radius 3 is 2.40 bits per heavy atom. The smallest absolute Gasteiger partial charge is 0.315 e. The van der Waals surface area contributed by atoms with Crippen LogP contribution in [0.5, 0.6) is 11.5 Å². The molecule has 30 heavy (non-hydrogen) atoms. The van der Waals surface area contributed by atoms with Gasteiger partial charge in [0.05, 0.1) is 0 Å². The maximum atomic E-state index is 12.6. The molecule has 0 aromatic heterocycles. The van der Waals surface area contributed by atoms with Crippen LogP contribution in [0.3, 0.4) is 0 Å². The average Bonchev–Trinajstić information content (AvgIpc) is 3.31. The first-order valence-corrected chi connectivity index (χ1v) is 10.4. The van der Waals surface area contributed by atoms with Crippen LogP contribution in [0.2, 0.25) is 0 Å². The van der Waals surface area contributed by atoms with Gasteiger partial charge < -0.3 is 25.4 Å². The fourth-order valence-corrected chi connectivity index (χ4v) is 3.76. The van der Waals surface area contributed by atoms with Gasteiger partial charge in [-0.15, -0.1) is 0 Å². The van der Waals surface area contributed by atoms with Crippen molar-refractivity contribution in [2.75, 3.05) is 5.32 Å². The summed E-state index contributed by atoms with van der Waals surface area (Å²) in [5, 5.41) is 8.46. The van der Waals surface area contributed by atoms with E-state index in [4.69, 9.17) is 9.47 Å². The molecule has 1 aliphatic heterocycles. The minimum absolute atomic E-state index is 0.0796. The lowest BCUT2D eigenvalue weighted by molar-refractivity contribution is -0.0716. The molecule has 158 valence electrons. The van der Waals surface area contributed by atoms with Crippen LogP contribution in [0.25, 0.3) is 0 Å². The molecule has 1 heterocycles. The molecule has 1 saturated carbocycles. The number of carbonyl (C=O) groups is 2. The van der Waals surface area contributed by atoms with E-state index in [9.17, 15) is 9.59 Å². The second-order valence-electron chi connectivity index (χ2n) is 8.12. The Hall–Kier alpha value is -3.22. The van der Waals surface area contributed by atoms with Crippen LogP contribution < -0.4 is 25.4 Å². The van der Waals surface area contributed by atoms with Crippen molar-refractivity contribution in [3.05, 3.63) is 53.6 Å². The third kappa shape index (κ3) is 4.50. The molecule has 0 saturated heterocycles. The number of fused-ring (bicyclic) bond motifs is 1. The summed E-state index contributed by atoms with van der Waals surface area (Å²) >= 11 is 0. The van der Waals surface area contributed by atoms with Gasteiger partial charge in [-0.05, 0) is 56.5 Å². The molecule has 2 aliphatic rings. The van der Waals surface area contributed by atoms with Gasteiger partial charge in [0.1, 0.15) is 0 Å². The molecule has 2 aromatic carbocycles. The summed E-state index contributed by atoms with van der Waals surface area (Å²) in [4.78, 5) is 24.3. The van der Waals surface area contributed by atoms with Crippen molar-refractivity contribution in [3.8, 4) is 11.5 Å². The zero-order chi connectivity index (χ0) is 21.1. The number of ether oxygens (including phenoxy) is 2. The van der Waals surface area contributed by atoms with E-state index in [1.165, 1.54) is 0 Å². The van der Waals surface area contributed by atoms with E-state index >= 15 is 0 Å². The van der Waals surface area contributed by atoms with E-state index in [-0.39, 0.29) is 18.0 Å². The lowest BCUT2D eigenvalue weighted by atomic mass is 10.1. The van der Waals surface area contributed by atoms with Gasteiger partial charge in [-0.2, -0.15) is 0 Å². The Morgan fingerprint density at radius 2 is 1.70 bits per heavy atom. The van der Waals surface area contributed by atoms with E-state index < -0.39 is 5.79 Å². The summed E-state index contributed by atoms with van der Waals surface area (Å²) in [6.45, 7) is 4.20. The highest BCUT2D eigenvalue weighted by Crippen LogP contribution is 2.47. The maximum Gasteiger partial charge on any atom is 0.315 e. The normalized spacial score (nSPS) is 16.0. The van der Waals surface area contributed by atoms with Crippen LogP contribution in [-0.2, 0) is 6.54 Å². The van der Waals surface area contributed by atoms with Crippen molar-refractivity contribution in [3.63, 3.8) is 0 Å². The second-order valence-corrected chi connectivity index (χ2v) is 8.12. The zero-order valence-corrected chi connectivity index (χ0v) is 17.3. The molecule has 0 unspecified atom stereocenters. The molecule has 7 nitrogen and oxygen atoms in total. The monoisotopic (exact) mass is 409 g/mol. The van der Waals surface area contributed by atoms with Gasteiger partial charge in [0.15, 0.2) is 11.5 Å². The molecule has 0 atom stereocenters. The number of rotatable bonds is 5. The first-order chi connectivity index (χ1) is 14.4. The van der Waals surface area contributed by atoms with Crippen molar-refractivity contribution >= 4 is 17.6 Å². The number of anilines is 1. The topological polar surface area (TPSA) is 88.7 Å². The summed E-state index contributed by atoms with van der Waals surface area (Å²) in [7, 11) is 0. The Morgan fingerprint density at radius 1 is 1.00 bits per heavy atom. The number of amides is 3. The summed E-state index contributed by atoms with van der Waals surface area (Å²) in [5.41, 5.74) is 2.11. The van der Waals surface area contributed by atoms with Gasteiger partial charge in [-0.3, -0.25) is 4.79 Å². The van der Waals surface area contributed by atoms with Crippen LogP contribution >= 0.6 is 0 Å². The number of benzene rings is 2. The quantitative estimate of drug-likeness (QED) is 0.691. The fraction of sp³-hybridized carbons (Fsp3) is 0.391. The van der Waals surface area contributed by atoms with E-state index in [0.717, 1.165) is 37.0 Å². The first-order valence-electron chi connectivity index (χ1n) is 10.4.